The topological polar surface area (TPSA) is 75.2 Å². The Morgan fingerprint density at radius 3 is 2.59 bits per heavy atom. The number of nitrogens with one attached hydrogen (secondary N) is 1. The average Bonchev–Trinajstić information content (AvgIpc) is 2.70. The normalized spacial score (nSPS) is 15.5. The standard InChI is InChI=1S/C21H25N3O3/c1-4-17(15-9-11-16(27-3)12-10-15)22-14(2)21(26)24-13-20(25)23-18-7-5-6-8-19(18)24/h5-12,14,17,22H,4,13H2,1-3H3,(H,23,25)/p+1/t14-,17-/m0/s1. The number of anilines is 2. The molecule has 0 saturated heterocycles. The van der Waals surface area contributed by atoms with Gasteiger partial charge in [0.1, 0.15) is 18.3 Å². The monoisotopic (exact) mass is 368 g/mol. The van der Waals surface area contributed by atoms with Crippen LogP contribution in [0.3, 0.4) is 0 Å². The van der Waals surface area contributed by atoms with Crippen LogP contribution in [0.4, 0.5) is 11.4 Å². The van der Waals surface area contributed by atoms with Crippen molar-refractivity contribution >= 4 is 23.2 Å². The van der Waals surface area contributed by atoms with E-state index in [-0.39, 0.29) is 30.4 Å². The van der Waals surface area contributed by atoms with Gasteiger partial charge in [0.15, 0.2) is 6.04 Å². The molecule has 2 aromatic carbocycles. The van der Waals surface area contributed by atoms with Gasteiger partial charge in [-0.1, -0.05) is 19.1 Å². The number of benzene rings is 2. The number of nitrogens with two attached hydrogens (primary N) is 1. The van der Waals surface area contributed by atoms with Gasteiger partial charge in [0.2, 0.25) is 5.91 Å². The first-order chi connectivity index (χ1) is 13.0. The molecular formula is C21H26N3O3+. The molecule has 3 rings (SSSR count). The lowest BCUT2D eigenvalue weighted by atomic mass is 10.0. The molecule has 0 saturated carbocycles. The van der Waals surface area contributed by atoms with Crippen LogP contribution in [-0.4, -0.2) is 31.5 Å². The van der Waals surface area contributed by atoms with Crippen LogP contribution < -0.4 is 20.3 Å². The van der Waals surface area contributed by atoms with E-state index < -0.39 is 0 Å². The van der Waals surface area contributed by atoms with E-state index in [2.05, 4.69) is 17.6 Å². The van der Waals surface area contributed by atoms with E-state index in [1.54, 1.807) is 12.0 Å². The van der Waals surface area contributed by atoms with E-state index in [1.807, 2.05) is 55.5 Å². The Morgan fingerprint density at radius 1 is 1.22 bits per heavy atom. The van der Waals surface area contributed by atoms with Gasteiger partial charge in [-0.15, -0.1) is 0 Å². The van der Waals surface area contributed by atoms with Crippen LogP contribution in [0.25, 0.3) is 0 Å². The first-order valence-electron chi connectivity index (χ1n) is 9.22. The number of fused-ring (bicyclic) bond motifs is 1. The molecule has 27 heavy (non-hydrogen) atoms. The minimum absolute atomic E-state index is 0.0490. The number of hydrogen-bond acceptors (Lipinski definition) is 3. The molecule has 0 fully saturated rings. The van der Waals surface area contributed by atoms with Gasteiger partial charge in [0, 0.05) is 12.0 Å². The fraction of sp³-hybridized carbons (Fsp3) is 0.333. The number of rotatable bonds is 6. The first kappa shape index (κ1) is 18.9. The molecule has 3 N–H and O–H groups in total. The second-order valence-electron chi connectivity index (χ2n) is 6.76. The summed E-state index contributed by atoms with van der Waals surface area (Å²) in [5.74, 6) is 0.578. The molecule has 6 heteroatoms. The minimum Gasteiger partial charge on any atom is -0.497 e. The highest BCUT2D eigenvalue weighted by atomic mass is 16.5. The maximum atomic E-state index is 13.1. The summed E-state index contributed by atoms with van der Waals surface area (Å²) < 4.78 is 5.22. The number of ether oxygens (including phenoxy) is 1. The van der Waals surface area contributed by atoms with Gasteiger partial charge in [0.25, 0.3) is 5.91 Å². The fourth-order valence-corrected chi connectivity index (χ4v) is 3.44. The molecule has 6 nitrogen and oxygen atoms in total. The molecule has 2 amide bonds. The molecule has 2 atom stereocenters. The molecule has 0 bridgehead atoms. The molecule has 1 aliphatic heterocycles. The van der Waals surface area contributed by atoms with Gasteiger partial charge in [-0.05, 0) is 43.3 Å². The minimum atomic E-state index is -0.309. The smallest absolute Gasteiger partial charge is 0.285 e. The van der Waals surface area contributed by atoms with Crippen LogP contribution in [0.5, 0.6) is 5.75 Å². The quantitative estimate of drug-likeness (QED) is 0.820. The second kappa shape index (κ2) is 8.22. The Balaban J connectivity index is 1.75. The molecule has 0 unspecified atom stereocenters. The van der Waals surface area contributed by atoms with E-state index >= 15 is 0 Å². The summed E-state index contributed by atoms with van der Waals surface area (Å²) in [6.45, 7) is 4.04. The zero-order chi connectivity index (χ0) is 19.4. The van der Waals surface area contributed by atoms with E-state index in [9.17, 15) is 9.59 Å². The number of nitrogens with zero attached hydrogens (tertiary/aromatic N) is 1. The molecule has 0 aromatic heterocycles. The molecule has 0 spiro atoms. The van der Waals surface area contributed by atoms with Crippen molar-refractivity contribution in [3.8, 4) is 5.75 Å². The average molecular weight is 368 g/mol. The summed E-state index contributed by atoms with van der Waals surface area (Å²) in [6, 6.07) is 15.2. The van der Waals surface area contributed by atoms with Crippen molar-refractivity contribution in [3.05, 3.63) is 54.1 Å². The Hall–Kier alpha value is -2.86. The molecule has 1 aliphatic rings. The highest BCUT2D eigenvalue weighted by molar-refractivity contribution is 6.10. The largest absolute Gasteiger partial charge is 0.497 e. The molecular weight excluding hydrogens is 342 g/mol. The lowest BCUT2D eigenvalue weighted by Crippen LogP contribution is -2.92. The van der Waals surface area contributed by atoms with Crippen LogP contribution in [0.2, 0.25) is 0 Å². The van der Waals surface area contributed by atoms with Gasteiger partial charge in [-0.3, -0.25) is 14.5 Å². The van der Waals surface area contributed by atoms with Crippen molar-refractivity contribution in [1.82, 2.24) is 0 Å². The summed E-state index contributed by atoms with van der Waals surface area (Å²) in [4.78, 5) is 26.7. The molecule has 0 radical (unpaired) electrons. The van der Waals surface area contributed by atoms with Crippen LogP contribution in [0.15, 0.2) is 48.5 Å². The van der Waals surface area contributed by atoms with Crippen molar-refractivity contribution < 1.29 is 19.6 Å². The highest BCUT2D eigenvalue weighted by Crippen LogP contribution is 2.29. The molecule has 0 aliphatic carbocycles. The Bertz CT molecular complexity index is 820. The number of amides is 2. The predicted molar refractivity (Wildman–Crippen MR) is 105 cm³/mol. The van der Waals surface area contributed by atoms with E-state index in [0.29, 0.717) is 5.69 Å². The summed E-state index contributed by atoms with van der Waals surface area (Å²) in [5, 5.41) is 4.89. The number of carbonyl (C=O) groups excluding carboxylic acids is 2. The predicted octanol–water partition coefficient (Wildman–Crippen LogP) is 2.08. The van der Waals surface area contributed by atoms with E-state index in [0.717, 1.165) is 23.4 Å². The molecule has 2 aromatic rings. The zero-order valence-electron chi connectivity index (χ0n) is 15.9. The summed E-state index contributed by atoms with van der Waals surface area (Å²) in [7, 11) is 1.64. The summed E-state index contributed by atoms with van der Waals surface area (Å²) in [6.07, 6.45) is 0.890. The van der Waals surface area contributed by atoms with Crippen LogP contribution in [0.1, 0.15) is 31.9 Å². The third-order valence-electron chi connectivity index (χ3n) is 4.93. The third kappa shape index (κ3) is 4.11. The van der Waals surface area contributed by atoms with Crippen LogP contribution in [-0.2, 0) is 9.59 Å². The van der Waals surface area contributed by atoms with Crippen molar-refractivity contribution in [2.45, 2.75) is 32.4 Å². The molecule has 1 heterocycles. The first-order valence-corrected chi connectivity index (χ1v) is 9.22. The van der Waals surface area contributed by atoms with Gasteiger partial charge in [-0.25, -0.2) is 0 Å². The van der Waals surface area contributed by atoms with Crippen LogP contribution >= 0.6 is 0 Å². The molecule has 142 valence electrons. The zero-order valence-corrected chi connectivity index (χ0v) is 15.9. The van der Waals surface area contributed by atoms with Gasteiger partial charge < -0.3 is 15.4 Å². The van der Waals surface area contributed by atoms with Crippen molar-refractivity contribution in [3.63, 3.8) is 0 Å². The Labute approximate surface area is 159 Å². The number of hydrogen-bond donors (Lipinski definition) is 2. The summed E-state index contributed by atoms with van der Waals surface area (Å²) >= 11 is 0. The maximum Gasteiger partial charge on any atom is 0.285 e. The SMILES string of the molecule is CC[C@H]([NH2+][C@@H](C)C(=O)N1CC(=O)Nc2ccccc21)c1ccc(OC)cc1. The Morgan fingerprint density at radius 2 is 1.93 bits per heavy atom. The summed E-state index contributed by atoms with van der Waals surface area (Å²) in [5.41, 5.74) is 2.58. The number of methoxy groups -OCH3 is 1. The van der Waals surface area contributed by atoms with Gasteiger partial charge >= 0.3 is 0 Å². The third-order valence-corrected chi connectivity index (χ3v) is 4.93. The highest BCUT2D eigenvalue weighted by Gasteiger charge is 2.32. The number of para-hydroxylation sites is 2. The lowest BCUT2D eigenvalue weighted by Gasteiger charge is -2.31. The maximum absolute atomic E-state index is 13.1. The lowest BCUT2D eigenvalue weighted by molar-refractivity contribution is -0.713. The van der Waals surface area contributed by atoms with Crippen molar-refractivity contribution in [2.24, 2.45) is 0 Å². The van der Waals surface area contributed by atoms with E-state index in [1.165, 1.54) is 0 Å². The second-order valence-corrected chi connectivity index (χ2v) is 6.76. The van der Waals surface area contributed by atoms with Crippen molar-refractivity contribution in [1.29, 1.82) is 0 Å². The van der Waals surface area contributed by atoms with E-state index in [4.69, 9.17) is 4.74 Å². The number of carbonyl (C=O) groups is 2. The van der Waals surface area contributed by atoms with Crippen LogP contribution in [0, 0.1) is 0 Å². The fourth-order valence-electron chi connectivity index (χ4n) is 3.44. The Kier molecular flexibility index (Phi) is 5.76. The number of quaternary nitrogens is 1. The van der Waals surface area contributed by atoms with Crippen molar-refractivity contribution in [2.75, 3.05) is 23.9 Å². The van der Waals surface area contributed by atoms with Gasteiger partial charge in [-0.2, -0.15) is 0 Å². The van der Waals surface area contributed by atoms with Gasteiger partial charge in [0.05, 0.1) is 18.5 Å².